The highest BCUT2D eigenvalue weighted by molar-refractivity contribution is 4.88. The molecule has 0 unspecified atom stereocenters. The molecule has 0 radical (unpaired) electrons. The maximum absolute atomic E-state index is 12.0. The predicted molar refractivity (Wildman–Crippen MR) is 29.4 cm³/mol. The first-order chi connectivity index (χ1) is 4.01. The van der Waals surface area contributed by atoms with Crippen molar-refractivity contribution < 1.29 is 13.9 Å². The molecule has 0 aliphatic heterocycles. The molecule has 0 heterocycles. The summed E-state index contributed by atoms with van der Waals surface area (Å²) in [5.74, 6) is -2.65. The van der Waals surface area contributed by atoms with Gasteiger partial charge in [0, 0.05) is 12.8 Å². The van der Waals surface area contributed by atoms with Gasteiger partial charge in [0.05, 0.1) is 6.10 Å². The van der Waals surface area contributed by atoms with Crippen LogP contribution < -0.4 is 0 Å². The SMILES string of the molecule is C[C@@H](O)C1CC(F)(F)C1. The third-order valence-electron chi connectivity index (χ3n) is 1.80. The third kappa shape index (κ3) is 1.39. The average Bonchev–Trinajstić information content (AvgIpc) is 1.59. The molecule has 54 valence electrons. The second-order valence-corrected chi connectivity index (χ2v) is 2.76. The van der Waals surface area contributed by atoms with Crippen LogP contribution in [0.1, 0.15) is 19.8 Å². The summed E-state index contributed by atoms with van der Waals surface area (Å²) in [5.41, 5.74) is 0. The summed E-state index contributed by atoms with van der Waals surface area (Å²) >= 11 is 0. The summed E-state index contributed by atoms with van der Waals surface area (Å²) in [6, 6.07) is 0. The maximum Gasteiger partial charge on any atom is 0.248 e. The summed E-state index contributed by atoms with van der Waals surface area (Å²) in [6.45, 7) is 1.56. The van der Waals surface area contributed by atoms with Gasteiger partial charge in [-0.25, -0.2) is 8.78 Å². The van der Waals surface area contributed by atoms with Crippen LogP contribution in [0.4, 0.5) is 8.78 Å². The summed E-state index contributed by atoms with van der Waals surface area (Å²) in [7, 11) is 0. The van der Waals surface area contributed by atoms with Crippen LogP contribution in [-0.2, 0) is 0 Å². The van der Waals surface area contributed by atoms with Crippen molar-refractivity contribution >= 4 is 0 Å². The summed E-state index contributed by atoms with van der Waals surface area (Å²) in [4.78, 5) is 0. The number of aliphatic hydroxyl groups is 1. The van der Waals surface area contributed by atoms with Crippen LogP contribution in [0.2, 0.25) is 0 Å². The van der Waals surface area contributed by atoms with Crippen molar-refractivity contribution in [2.24, 2.45) is 5.92 Å². The number of alkyl halides is 2. The Balaban J connectivity index is 2.27. The Kier molecular flexibility index (Phi) is 1.47. The van der Waals surface area contributed by atoms with Crippen molar-refractivity contribution in [3.8, 4) is 0 Å². The van der Waals surface area contributed by atoms with E-state index in [2.05, 4.69) is 0 Å². The van der Waals surface area contributed by atoms with Gasteiger partial charge >= 0.3 is 0 Å². The van der Waals surface area contributed by atoms with Gasteiger partial charge in [0.25, 0.3) is 0 Å². The molecule has 1 nitrogen and oxygen atoms in total. The molecule has 0 spiro atoms. The zero-order valence-corrected chi connectivity index (χ0v) is 5.27. The Bertz CT molecular complexity index is 104. The Morgan fingerprint density at radius 1 is 1.56 bits per heavy atom. The van der Waals surface area contributed by atoms with Crippen molar-refractivity contribution in [3.63, 3.8) is 0 Å². The van der Waals surface area contributed by atoms with E-state index in [9.17, 15) is 8.78 Å². The minimum atomic E-state index is -2.48. The molecule has 9 heavy (non-hydrogen) atoms. The zero-order chi connectivity index (χ0) is 7.07. The Hall–Kier alpha value is -0.180. The monoisotopic (exact) mass is 136 g/mol. The molecule has 3 heteroatoms. The summed E-state index contributed by atoms with van der Waals surface area (Å²) < 4.78 is 24.1. The Morgan fingerprint density at radius 3 is 2.11 bits per heavy atom. The topological polar surface area (TPSA) is 20.2 Å². The predicted octanol–water partition coefficient (Wildman–Crippen LogP) is 1.41. The molecule has 1 aliphatic rings. The molecule has 0 aromatic carbocycles. The lowest BCUT2D eigenvalue weighted by Gasteiger charge is -2.36. The smallest absolute Gasteiger partial charge is 0.248 e. The van der Waals surface area contributed by atoms with Crippen LogP contribution in [0, 0.1) is 5.92 Å². The van der Waals surface area contributed by atoms with Crippen molar-refractivity contribution in [2.45, 2.75) is 31.8 Å². The third-order valence-corrected chi connectivity index (χ3v) is 1.80. The molecule has 1 aliphatic carbocycles. The van der Waals surface area contributed by atoms with Gasteiger partial charge < -0.3 is 5.11 Å². The molecule has 1 fully saturated rings. The van der Waals surface area contributed by atoms with Gasteiger partial charge in [-0.2, -0.15) is 0 Å². The lowest BCUT2D eigenvalue weighted by molar-refractivity contribution is -0.137. The highest BCUT2D eigenvalue weighted by atomic mass is 19.3. The molecule has 0 amide bonds. The summed E-state index contributed by atoms with van der Waals surface area (Å²) in [6.07, 6.45) is -0.834. The van der Waals surface area contributed by atoms with Crippen LogP contribution in [0.3, 0.4) is 0 Å². The molecule has 0 bridgehead atoms. The number of halogens is 2. The second-order valence-electron chi connectivity index (χ2n) is 2.76. The molecule has 1 N–H and O–H groups in total. The van der Waals surface area contributed by atoms with E-state index in [1.54, 1.807) is 6.92 Å². The molecular weight excluding hydrogens is 126 g/mol. The first-order valence-electron chi connectivity index (χ1n) is 3.07. The van der Waals surface area contributed by atoms with Gasteiger partial charge in [0.1, 0.15) is 0 Å². The molecule has 1 atom stereocenters. The largest absolute Gasteiger partial charge is 0.393 e. The van der Waals surface area contributed by atoms with Crippen molar-refractivity contribution in [1.29, 1.82) is 0 Å². The van der Waals surface area contributed by atoms with E-state index in [4.69, 9.17) is 5.11 Å². The van der Waals surface area contributed by atoms with Crippen LogP contribution in [0.15, 0.2) is 0 Å². The van der Waals surface area contributed by atoms with E-state index in [1.165, 1.54) is 0 Å². The van der Waals surface area contributed by atoms with Crippen molar-refractivity contribution in [3.05, 3.63) is 0 Å². The Labute approximate surface area is 52.7 Å². The standard InChI is InChI=1S/C6H10F2O/c1-4(9)5-2-6(7,8)3-5/h4-5,9H,2-3H2,1H3/t4-/m1/s1. The fourth-order valence-corrected chi connectivity index (χ4v) is 1.05. The van der Waals surface area contributed by atoms with Gasteiger partial charge in [-0.15, -0.1) is 0 Å². The van der Waals surface area contributed by atoms with Gasteiger partial charge in [0.2, 0.25) is 5.92 Å². The number of rotatable bonds is 1. The molecule has 0 aromatic rings. The first-order valence-corrected chi connectivity index (χ1v) is 3.07. The number of aliphatic hydroxyl groups excluding tert-OH is 1. The summed E-state index contributed by atoms with van der Waals surface area (Å²) in [5, 5.41) is 8.77. The quantitative estimate of drug-likeness (QED) is 0.577. The zero-order valence-electron chi connectivity index (χ0n) is 5.27. The lowest BCUT2D eigenvalue weighted by Crippen LogP contribution is -2.40. The van der Waals surface area contributed by atoms with Crippen molar-refractivity contribution in [2.75, 3.05) is 0 Å². The fourth-order valence-electron chi connectivity index (χ4n) is 1.05. The number of hydrogen-bond donors (Lipinski definition) is 1. The van der Waals surface area contributed by atoms with Gasteiger partial charge in [0.15, 0.2) is 0 Å². The number of hydrogen-bond acceptors (Lipinski definition) is 1. The van der Waals surface area contributed by atoms with Crippen LogP contribution in [-0.4, -0.2) is 17.1 Å². The van der Waals surface area contributed by atoms with Crippen LogP contribution in [0.5, 0.6) is 0 Å². The van der Waals surface area contributed by atoms with E-state index in [-0.39, 0.29) is 18.8 Å². The lowest BCUT2D eigenvalue weighted by atomic mass is 9.78. The van der Waals surface area contributed by atoms with Crippen molar-refractivity contribution in [1.82, 2.24) is 0 Å². The molecular formula is C6H10F2O. The van der Waals surface area contributed by atoms with Crippen LogP contribution >= 0.6 is 0 Å². The molecule has 1 rings (SSSR count). The average molecular weight is 136 g/mol. The normalized spacial score (nSPS) is 29.3. The second kappa shape index (κ2) is 1.90. The molecule has 1 saturated carbocycles. The minimum absolute atomic E-state index is 0.134. The van der Waals surface area contributed by atoms with Gasteiger partial charge in [-0.3, -0.25) is 0 Å². The fraction of sp³-hybridized carbons (Fsp3) is 1.00. The van der Waals surface area contributed by atoms with E-state index in [0.717, 1.165) is 0 Å². The Morgan fingerprint density at radius 2 is 2.00 bits per heavy atom. The van der Waals surface area contributed by atoms with Gasteiger partial charge in [-0.1, -0.05) is 0 Å². The van der Waals surface area contributed by atoms with E-state index >= 15 is 0 Å². The maximum atomic E-state index is 12.0. The van der Waals surface area contributed by atoms with E-state index in [0.29, 0.717) is 0 Å². The highest BCUT2D eigenvalue weighted by Crippen LogP contribution is 2.43. The van der Waals surface area contributed by atoms with Crippen LogP contribution in [0.25, 0.3) is 0 Å². The molecule has 0 saturated heterocycles. The van der Waals surface area contributed by atoms with E-state index < -0.39 is 12.0 Å². The van der Waals surface area contributed by atoms with Gasteiger partial charge in [-0.05, 0) is 12.8 Å². The first kappa shape index (κ1) is 6.93. The minimum Gasteiger partial charge on any atom is -0.393 e. The van der Waals surface area contributed by atoms with E-state index in [1.807, 2.05) is 0 Å². The molecule has 0 aromatic heterocycles. The highest BCUT2D eigenvalue weighted by Gasteiger charge is 2.46.